The van der Waals surface area contributed by atoms with Crippen LogP contribution in [0.5, 0.6) is 0 Å². The Morgan fingerprint density at radius 1 is 0.565 bits per heavy atom. The van der Waals surface area contributed by atoms with Gasteiger partial charge in [0.05, 0.1) is 13.2 Å². The summed E-state index contributed by atoms with van der Waals surface area (Å²) in [4.78, 5) is 51.8. The lowest BCUT2D eigenvalue weighted by atomic mass is 9.99. The molecule has 0 aliphatic carbocycles. The number of carbonyl (C=O) groups excluding carboxylic acids is 4. The zero-order valence-corrected chi connectivity index (χ0v) is 25.5. The van der Waals surface area contributed by atoms with Crippen molar-refractivity contribution in [1.82, 2.24) is 21.4 Å². The minimum absolute atomic E-state index is 0.0864. The van der Waals surface area contributed by atoms with E-state index in [2.05, 4.69) is 16.0 Å². The Hall–Kier alpha value is -5.32. The van der Waals surface area contributed by atoms with Crippen LogP contribution in [0.3, 0.4) is 0 Å². The number of carbonyl (C=O) groups is 4. The lowest BCUT2D eigenvalue weighted by Gasteiger charge is -2.25. The molecule has 0 heterocycles. The Morgan fingerprint density at radius 2 is 1.02 bits per heavy atom. The van der Waals surface area contributed by atoms with Crippen LogP contribution in [-0.4, -0.2) is 53.6 Å². The number of benzene rings is 4. The van der Waals surface area contributed by atoms with Crippen molar-refractivity contribution in [2.75, 3.05) is 6.61 Å². The quantitative estimate of drug-likeness (QED) is 0.102. The number of hydrogen-bond donors (Lipinski definition) is 5. The standard InChI is InChI=1S/C36H38N4O6/c1-25(41)37-33(24-46-23-28-13-7-3-8-14-28)35(43)38-31(22-27-17-19-30(20-18-27)29-15-9-4-10-16-29)34(42)39-32(36(44)40-45)21-26-11-5-2-6-12-26/h2-20,31-33,45H,21-24H2,1H3,(H,37,41)(H,38,43)(H,39,42)(H,40,44)/t31-,32-,33+/m1/s1. The first kappa shape index (κ1) is 33.6. The van der Waals surface area contributed by atoms with E-state index in [0.717, 1.165) is 27.8 Å². The molecule has 3 atom stereocenters. The molecule has 4 aromatic rings. The lowest BCUT2D eigenvalue weighted by molar-refractivity contribution is -0.136. The predicted octanol–water partition coefficient (Wildman–Crippen LogP) is 3.34. The minimum atomic E-state index is -1.13. The molecule has 0 unspecified atom stereocenters. The fourth-order valence-corrected chi connectivity index (χ4v) is 4.89. The molecule has 0 saturated heterocycles. The summed E-state index contributed by atoms with van der Waals surface area (Å²) in [6, 6.07) is 32.5. The second-order valence-electron chi connectivity index (χ2n) is 10.8. The molecule has 0 spiro atoms. The number of nitrogens with one attached hydrogen (secondary N) is 4. The largest absolute Gasteiger partial charge is 0.374 e. The number of amides is 4. The minimum Gasteiger partial charge on any atom is -0.374 e. The molecule has 0 radical (unpaired) electrons. The van der Waals surface area contributed by atoms with Crippen molar-refractivity contribution in [1.29, 1.82) is 0 Å². The van der Waals surface area contributed by atoms with E-state index < -0.39 is 41.8 Å². The average molecular weight is 623 g/mol. The molecule has 0 aliphatic rings. The third-order valence-corrected chi connectivity index (χ3v) is 7.25. The monoisotopic (exact) mass is 622 g/mol. The molecule has 0 aromatic heterocycles. The van der Waals surface area contributed by atoms with Gasteiger partial charge < -0.3 is 20.7 Å². The molecule has 46 heavy (non-hydrogen) atoms. The molecule has 0 fully saturated rings. The van der Waals surface area contributed by atoms with Crippen molar-refractivity contribution in [3.8, 4) is 11.1 Å². The van der Waals surface area contributed by atoms with Crippen molar-refractivity contribution in [2.24, 2.45) is 0 Å². The molecule has 4 amide bonds. The van der Waals surface area contributed by atoms with Crippen molar-refractivity contribution in [2.45, 2.75) is 44.5 Å². The van der Waals surface area contributed by atoms with Crippen LogP contribution in [0.4, 0.5) is 0 Å². The maximum absolute atomic E-state index is 13.7. The van der Waals surface area contributed by atoms with E-state index >= 15 is 0 Å². The van der Waals surface area contributed by atoms with Gasteiger partial charge in [0.2, 0.25) is 17.7 Å². The highest BCUT2D eigenvalue weighted by Gasteiger charge is 2.30. The van der Waals surface area contributed by atoms with E-state index in [9.17, 15) is 24.4 Å². The lowest BCUT2D eigenvalue weighted by Crippen LogP contribution is -2.58. The van der Waals surface area contributed by atoms with Gasteiger partial charge in [-0.1, -0.05) is 115 Å². The van der Waals surface area contributed by atoms with Gasteiger partial charge in [-0.3, -0.25) is 24.4 Å². The number of hydroxylamine groups is 1. The van der Waals surface area contributed by atoms with Crippen molar-refractivity contribution >= 4 is 23.6 Å². The van der Waals surface area contributed by atoms with E-state index in [0.29, 0.717) is 0 Å². The second kappa shape index (κ2) is 17.2. The Balaban J connectivity index is 1.53. The van der Waals surface area contributed by atoms with Gasteiger partial charge in [0.15, 0.2) is 0 Å². The summed E-state index contributed by atoms with van der Waals surface area (Å²) >= 11 is 0. The van der Waals surface area contributed by atoms with Crippen LogP contribution in [0, 0.1) is 0 Å². The van der Waals surface area contributed by atoms with E-state index in [-0.39, 0.29) is 26.1 Å². The molecule has 4 rings (SSSR count). The first-order valence-electron chi connectivity index (χ1n) is 14.9. The topological polar surface area (TPSA) is 146 Å². The molecular weight excluding hydrogens is 584 g/mol. The van der Waals surface area contributed by atoms with Crippen LogP contribution in [0.25, 0.3) is 11.1 Å². The number of rotatable bonds is 15. The first-order valence-corrected chi connectivity index (χ1v) is 14.9. The normalized spacial score (nSPS) is 12.7. The van der Waals surface area contributed by atoms with Gasteiger partial charge in [0.25, 0.3) is 5.91 Å². The Kier molecular flexibility index (Phi) is 12.6. The SMILES string of the molecule is CC(=O)N[C@@H](COCc1ccccc1)C(=O)N[C@H](Cc1ccc(-c2ccccc2)cc1)C(=O)N[C@H](Cc1ccccc1)C(=O)NO. The predicted molar refractivity (Wildman–Crippen MR) is 173 cm³/mol. The first-order chi connectivity index (χ1) is 22.3. The van der Waals surface area contributed by atoms with Gasteiger partial charge in [0.1, 0.15) is 18.1 Å². The van der Waals surface area contributed by atoms with Gasteiger partial charge in [-0.15, -0.1) is 0 Å². The second-order valence-corrected chi connectivity index (χ2v) is 10.8. The number of hydrogen-bond acceptors (Lipinski definition) is 6. The molecule has 0 bridgehead atoms. The molecule has 0 aliphatic heterocycles. The molecule has 10 nitrogen and oxygen atoms in total. The van der Waals surface area contributed by atoms with E-state index in [1.807, 2.05) is 91.0 Å². The highest BCUT2D eigenvalue weighted by atomic mass is 16.5. The number of ether oxygens (including phenoxy) is 1. The van der Waals surface area contributed by atoms with Crippen molar-refractivity contribution in [3.63, 3.8) is 0 Å². The van der Waals surface area contributed by atoms with Crippen LogP contribution in [-0.2, 0) is 43.4 Å². The Bertz CT molecular complexity index is 1570. The maximum Gasteiger partial charge on any atom is 0.266 e. The fourth-order valence-electron chi connectivity index (χ4n) is 4.89. The highest BCUT2D eigenvalue weighted by Crippen LogP contribution is 2.20. The van der Waals surface area contributed by atoms with Crippen LogP contribution in [0.1, 0.15) is 23.6 Å². The molecular formula is C36H38N4O6. The maximum atomic E-state index is 13.7. The van der Waals surface area contributed by atoms with Gasteiger partial charge >= 0.3 is 0 Å². The summed E-state index contributed by atoms with van der Waals surface area (Å²) in [5.41, 5.74) is 6.04. The summed E-state index contributed by atoms with van der Waals surface area (Å²) in [5, 5.41) is 17.4. The van der Waals surface area contributed by atoms with E-state index in [4.69, 9.17) is 4.74 Å². The van der Waals surface area contributed by atoms with Crippen LogP contribution >= 0.6 is 0 Å². The third kappa shape index (κ3) is 10.4. The summed E-state index contributed by atoms with van der Waals surface area (Å²) in [6.07, 6.45) is 0.191. The van der Waals surface area contributed by atoms with Gasteiger partial charge in [-0.05, 0) is 27.8 Å². The molecule has 4 aromatic carbocycles. The summed E-state index contributed by atoms with van der Waals surface area (Å²) in [5.74, 6) is -2.52. The zero-order valence-electron chi connectivity index (χ0n) is 25.5. The fraction of sp³-hybridized carbons (Fsp3) is 0.222. The van der Waals surface area contributed by atoms with Crippen LogP contribution in [0.2, 0.25) is 0 Å². The summed E-state index contributed by atoms with van der Waals surface area (Å²) in [7, 11) is 0. The van der Waals surface area contributed by atoms with Crippen molar-refractivity contribution < 1.29 is 29.1 Å². The van der Waals surface area contributed by atoms with Gasteiger partial charge in [0, 0.05) is 19.8 Å². The highest BCUT2D eigenvalue weighted by molar-refractivity contribution is 5.94. The Morgan fingerprint density at radius 3 is 1.57 bits per heavy atom. The van der Waals surface area contributed by atoms with Crippen LogP contribution < -0.4 is 21.4 Å². The van der Waals surface area contributed by atoms with Gasteiger partial charge in [-0.2, -0.15) is 0 Å². The zero-order chi connectivity index (χ0) is 32.7. The average Bonchev–Trinajstić information content (AvgIpc) is 3.08. The smallest absolute Gasteiger partial charge is 0.266 e. The third-order valence-electron chi connectivity index (χ3n) is 7.25. The summed E-state index contributed by atoms with van der Waals surface area (Å²) in [6.45, 7) is 1.38. The van der Waals surface area contributed by atoms with Gasteiger partial charge in [-0.25, -0.2) is 5.48 Å². The molecule has 238 valence electrons. The van der Waals surface area contributed by atoms with E-state index in [1.165, 1.54) is 6.92 Å². The molecule has 10 heteroatoms. The van der Waals surface area contributed by atoms with E-state index in [1.54, 1.807) is 29.7 Å². The molecule has 0 saturated carbocycles. The summed E-state index contributed by atoms with van der Waals surface area (Å²) < 4.78 is 5.74. The Labute approximate surface area is 268 Å². The van der Waals surface area contributed by atoms with Crippen molar-refractivity contribution in [3.05, 3.63) is 132 Å². The molecule has 5 N–H and O–H groups in total. The van der Waals surface area contributed by atoms with Crippen LogP contribution in [0.15, 0.2) is 115 Å².